The first-order chi connectivity index (χ1) is 8.92. The van der Waals surface area contributed by atoms with Crippen LogP contribution in [-0.4, -0.2) is 28.0 Å². The van der Waals surface area contributed by atoms with Crippen LogP contribution in [0.2, 0.25) is 0 Å². The summed E-state index contributed by atoms with van der Waals surface area (Å²) >= 11 is 0. The van der Waals surface area contributed by atoms with Gasteiger partial charge in [0.2, 0.25) is 0 Å². The molecule has 3 heterocycles. The summed E-state index contributed by atoms with van der Waals surface area (Å²) in [6.07, 6.45) is 11.4. The van der Waals surface area contributed by atoms with Gasteiger partial charge >= 0.3 is 0 Å². The van der Waals surface area contributed by atoms with E-state index in [-0.39, 0.29) is 0 Å². The number of rotatable bonds is 3. The van der Waals surface area contributed by atoms with E-state index in [0.717, 1.165) is 25.3 Å². The maximum absolute atomic E-state index is 4.36. The molecule has 3 rings (SSSR count). The van der Waals surface area contributed by atoms with Gasteiger partial charge in [-0.05, 0) is 36.5 Å². The van der Waals surface area contributed by atoms with Crippen molar-refractivity contribution in [2.24, 2.45) is 5.92 Å². The van der Waals surface area contributed by atoms with Crippen LogP contribution in [0.25, 0.3) is 0 Å². The molecule has 0 N–H and O–H groups in total. The topological polar surface area (TPSA) is 41.9 Å². The summed E-state index contributed by atoms with van der Waals surface area (Å²) in [5.41, 5.74) is 1.37. The predicted molar refractivity (Wildman–Crippen MR) is 70.3 cm³/mol. The third-order valence-electron chi connectivity index (χ3n) is 3.43. The molecule has 0 saturated carbocycles. The van der Waals surface area contributed by atoms with Gasteiger partial charge < -0.3 is 4.90 Å². The summed E-state index contributed by atoms with van der Waals surface area (Å²) in [5.74, 6) is 1.70. The Balaban J connectivity index is 1.62. The van der Waals surface area contributed by atoms with Gasteiger partial charge in [-0.3, -0.25) is 9.97 Å². The van der Waals surface area contributed by atoms with Crippen molar-refractivity contribution in [1.82, 2.24) is 15.0 Å². The number of hydrogen-bond donors (Lipinski definition) is 0. The largest absolute Gasteiger partial charge is 0.355 e. The zero-order valence-corrected chi connectivity index (χ0v) is 10.2. The number of aromatic nitrogens is 3. The molecule has 0 aliphatic carbocycles. The molecule has 1 atom stereocenters. The first-order valence-corrected chi connectivity index (χ1v) is 6.31. The summed E-state index contributed by atoms with van der Waals surface area (Å²) in [6.45, 7) is 2.15. The first-order valence-electron chi connectivity index (χ1n) is 6.31. The molecule has 92 valence electrons. The molecule has 0 amide bonds. The van der Waals surface area contributed by atoms with Crippen LogP contribution in [0, 0.1) is 5.92 Å². The van der Waals surface area contributed by atoms with Gasteiger partial charge in [-0.2, -0.15) is 0 Å². The normalized spacial score (nSPS) is 19.1. The average molecular weight is 240 g/mol. The molecule has 0 aromatic carbocycles. The van der Waals surface area contributed by atoms with E-state index < -0.39 is 0 Å². The van der Waals surface area contributed by atoms with Crippen LogP contribution in [-0.2, 0) is 6.42 Å². The van der Waals surface area contributed by atoms with E-state index in [1.807, 2.05) is 18.6 Å². The zero-order chi connectivity index (χ0) is 12.2. The second kappa shape index (κ2) is 5.12. The van der Waals surface area contributed by atoms with Crippen LogP contribution >= 0.6 is 0 Å². The molecular formula is C14H16N4. The lowest BCUT2D eigenvalue weighted by atomic mass is 10.00. The van der Waals surface area contributed by atoms with E-state index in [1.54, 1.807) is 12.4 Å². The Hall–Kier alpha value is -1.97. The molecule has 1 unspecified atom stereocenters. The van der Waals surface area contributed by atoms with Crippen molar-refractivity contribution in [2.45, 2.75) is 12.8 Å². The third-order valence-corrected chi connectivity index (χ3v) is 3.43. The Bertz CT molecular complexity index is 486. The minimum Gasteiger partial charge on any atom is -0.355 e. The minimum atomic E-state index is 0.703. The van der Waals surface area contributed by atoms with Gasteiger partial charge in [0.25, 0.3) is 0 Å². The summed E-state index contributed by atoms with van der Waals surface area (Å²) < 4.78 is 0. The molecule has 1 fully saturated rings. The smallest absolute Gasteiger partial charge is 0.147 e. The third kappa shape index (κ3) is 2.47. The monoisotopic (exact) mass is 240 g/mol. The fraction of sp³-hybridized carbons (Fsp3) is 0.357. The minimum absolute atomic E-state index is 0.703. The summed E-state index contributed by atoms with van der Waals surface area (Å²) in [4.78, 5) is 14.9. The standard InChI is InChI=1S/C14H16N4/c1-4-15-5-2-12(1)9-13-3-8-18(11-13)14-10-16-6-7-17-14/h1-2,4-7,10,13H,3,8-9,11H2. The highest BCUT2D eigenvalue weighted by Crippen LogP contribution is 2.23. The van der Waals surface area contributed by atoms with Crippen LogP contribution in [0.3, 0.4) is 0 Å². The van der Waals surface area contributed by atoms with Crippen molar-refractivity contribution in [3.05, 3.63) is 48.7 Å². The lowest BCUT2D eigenvalue weighted by Crippen LogP contribution is -2.21. The van der Waals surface area contributed by atoms with E-state index in [2.05, 4.69) is 32.0 Å². The summed E-state index contributed by atoms with van der Waals surface area (Å²) in [7, 11) is 0. The lowest BCUT2D eigenvalue weighted by Gasteiger charge is -2.16. The van der Waals surface area contributed by atoms with Gasteiger partial charge in [-0.15, -0.1) is 0 Å². The van der Waals surface area contributed by atoms with Crippen molar-refractivity contribution in [1.29, 1.82) is 0 Å². The van der Waals surface area contributed by atoms with E-state index >= 15 is 0 Å². The quantitative estimate of drug-likeness (QED) is 0.822. The van der Waals surface area contributed by atoms with Gasteiger partial charge in [0.1, 0.15) is 5.82 Å². The van der Waals surface area contributed by atoms with Crippen molar-refractivity contribution < 1.29 is 0 Å². The van der Waals surface area contributed by atoms with Crippen LogP contribution in [0.5, 0.6) is 0 Å². The summed E-state index contributed by atoms with van der Waals surface area (Å²) in [5, 5.41) is 0. The highest BCUT2D eigenvalue weighted by atomic mass is 15.2. The lowest BCUT2D eigenvalue weighted by molar-refractivity contribution is 0.586. The molecule has 0 spiro atoms. The van der Waals surface area contributed by atoms with E-state index in [9.17, 15) is 0 Å². The second-order valence-corrected chi connectivity index (χ2v) is 4.72. The molecule has 4 nitrogen and oxygen atoms in total. The van der Waals surface area contributed by atoms with E-state index in [0.29, 0.717) is 5.92 Å². The maximum Gasteiger partial charge on any atom is 0.147 e. The molecule has 2 aromatic heterocycles. The van der Waals surface area contributed by atoms with Gasteiger partial charge in [0, 0.05) is 37.9 Å². The molecule has 1 saturated heterocycles. The fourth-order valence-electron chi connectivity index (χ4n) is 2.51. The van der Waals surface area contributed by atoms with Gasteiger partial charge in [-0.1, -0.05) is 0 Å². The number of nitrogens with zero attached hydrogens (tertiary/aromatic N) is 4. The predicted octanol–water partition coefficient (Wildman–Crippen LogP) is 1.94. The van der Waals surface area contributed by atoms with Crippen LogP contribution in [0.1, 0.15) is 12.0 Å². The number of pyridine rings is 1. The van der Waals surface area contributed by atoms with Crippen molar-refractivity contribution in [3.63, 3.8) is 0 Å². The SMILES string of the molecule is c1cc(CC2CCN(c3cnccn3)C2)ccn1. The van der Waals surface area contributed by atoms with Crippen LogP contribution in [0.4, 0.5) is 5.82 Å². The van der Waals surface area contributed by atoms with Gasteiger partial charge in [-0.25, -0.2) is 4.98 Å². The van der Waals surface area contributed by atoms with E-state index in [1.165, 1.54) is 12.0 Å². The zero-order valence-electron chi connectivity index (χ0n) is 10.2. The molecule has 1 aliphatic heterocycles. The molecule has 0 radical (unpaired) electrons. The highest BCUT2D eigenvalue weighted by molar-refractivity contribution is 5.36. The van der Waals surface area contributed by atoms with Crippen molar-refractivity contribution in [3.8, 4) is 0 Å². The Morgan fingerprint density at radius 1 is 1.11 bits per heavy atom. The van der Waals surface area contributed by atoms with Crippen molar-refractivity contribution >= 4 is 5.82 Å². The van der Waals surface area contributed by atoms with Gasteiger partial charge in [0.15, 0.2) is 0 Å². The molecule has 2 aromatic rings. The number of anilines is 1. The Morgan fingerprint density at radius 3 is 2.78 bits per heavy atom. The molecular weight excluding hydrogens is 224 g/mol. The molecule has 0 bridgehead atoms. The van der Waals surface area contributed by atoms with E-state index in [4.69, 9.17) is 0 Å². The van der Waals surface area contributed by atoms with Gasteiger partial charge in [0.05, 0.1) is 6.20 Å². The molecule has 4 heteroatoms. The Labute approximate surface area is 107 Å². The Kier molecular flexibility index (Phi) is 3.17. The Morgan fingerprint density at radius 2 is 2.00 bits per heavy atom. The highest BCUT2D eigenvalue weighted by Gasteiger charge is 2.23. The number of hydrogen-bond acceptors (Lipinski definition) is 4. The van der Waals surface area contributed by atoms with Crippen molar-refractivity contribution in [2.75, 3.05) is 18.0 Å². The molecule has 1 aliphatic rings. The maximum atomic E-state index is 4.36. The first kappa shape index (κ1) is 11.1. The summed E-state index contributed by atoms with van der Waals surface area (Å²) in [6, 6.07) is 4.20. The molecule has 18 heavy (non-hydrogen) atoms. The van der Waals surface area contributed by atoms with Crippen LogP contribution in [0.15, 0.2) is 43.1 Å². The second-order valence-electron chi connectivity index (χ2n) is 4.72. The van der Waals surface area contributed by atoms with Crippen LogP contribution < -0.4 is 4.90 Å². The average Bonchev–Trinajstić information content (AvgIpc) is 2.89. The fourth-order valence-corrected chi connectivity index (χ4v) is 2.51.